The molecule has 0 aliphatic rings. The van der Waals surface area contributed by atoms with E-state index in [4.69, 9.17) is 11.6 Å². The number of rotatable bonds is 6. The number of halogens is 1. The highest BCUT2D eigenvalue weighted by molar-refractivity contribution is 6.30. The van der Waals surface area contributed by atoms with Gasteiger partial charge in [-0.05, 0) is 50.6 Å². The first-order chi connectivity index (χ1) is 13.4. The molecule has 0 fully saturated rings. The van der Waals surface area contributed by atoms with Crippen LogP contribution in [0.4, 0.5) is 11.5 Å². The maximum absolute atomic E-state index is 13.2. The molecule has 0 aliphatic carbocycles. The maximum Gasteiger partial charge on any atom is 0.273 e. The van der Waals surface area contributed by atoms with Gasteiger partial charge in [-0.3, -0.25) is 4.79 Å². The molecule has 0 saturated heterocycles. The van der Waals surface area contributed by atoms with Gasteiger partial charge in [-0.2, -0.15) is 0 Å². The van der Waals surface area contributed by atoms with Crippen molar-refractivity contribution in [3.05, 3.63) is 82.8 Å². The number of carbonyl (C=O) groups excluding carboxylic acids is 1. The molecule has 0 saturated carbocycles. The number of aromatic nitrogens is 2. The summed E-state index contributed by atoms with van der Waals surface area (Å²) in [6.07, 6.45) is 0. The minimum atomic E-state index is -0.122. The summed E-state index contributed by atoms with van der Waals surface area (Å²) in [4.78, 5) is 23.8. The van der Waals surface area contributed by atoms with E-state index in [9.17, 15) is 4.79 Å². The summed E-state index contributed by atoms with van der Waals surface area (Å²) in [5.74, 6) is 0.982. The first-order valence-corrected chi connectivity index (χ1v) is 9.53. The van der Waals surface area contributed by atoms with Crippen LogP contribution in [0.3, 0.4) is 0 Å². The Morgan fingerprint density at radius 3 is 2.39 bits per heavy atom. The molecule has 144 valence electrons. The van der Waals surface area contributed by atoms with E-state index in [1.807, 2.05) is 61.2 Å². The molecule has 5 nitrogen and oxygen atoms in total. The molecule has 0 aliphatic heterocycles. The fourth-order valence-electron chi connectivity index (χ4n) is 2.84. The number of nitrogens with zero attached hydrogens (tertiary/aromatic N) is 3. The van der Waals surface area contributed by atoms with E-state index in [1.54, 1.807) is 25.1 Å². The Balaban J connectivity index is 1.85. The molecule has 0 bridgehead atoms. The lowest BCUT2D eigenvalue weighted by atomic mass is 10.1. The Labute approximate surface area is 170 Å². The Hall–Kier alpha value is -2.92. The van der Waals surface area contributed by atoms with E-state index >= 15 is 0 Å². The summed E-state index contributed by atoms with van der Waals surface area (Å²) in [5, 5.41) is 3.87. The third-order valence-electron chi connectivity index (χ3n) is 4.25. The van der Waals surface area contributed by atoms with Crippen LogP contribution in [0.15, 0.2) is 60.7 Å². The average molecular weight is 395 g/mol. The second kappa shape index (κ2) is 8.85. The number of nitrogens with one attached hydrogen (secondary N) is 1. The predicted octanol–water partition coefficient (Wildman–Crippen LogP) is 5.23. The second-order valence-electron chi connectivity index (χ2n) is 6.83. The molecule has 3 aromatic rings. The normalized spacial score (nSPS) is 10.8. The quantitative estimate of drug-likeness (QED) is 0.621. The molecule has 6 heteroatoms. The van der Waals surface area contributed by atoms with Crippen LogP contribution in [0.2, 0.25) is 5.02 Å². The number of hydrogen-bond donors (Lipinski definition) is 1. The van der Waals surface area contributed by atoms with E-state index < -0.39 is 0 Å². The fourth-order valence-corrected chi connectivity index (χ4v) is 2.96. The van der Waals surface area contributed by atoms with Gasteiger partial charge in [0.1, 0.15) is 17.3 Å². The molecule has 1 aromatic heterocycles. The summed E-state index contributed by atoms with van der Waals surface area (Å²) in [6, 6.07) is 19.0. The van der Waals surface area contributed by atoms with Crippen molar-refractivity contribution in [2.24, 2.45) is 0 Å². The standard InChI is InChI=1S/C22H23ClN4O/c1-15(2)27(14-17-7-5-4-6-8-17)22(28)20-13-21(25-16(3)24-20)26-19-11-9-18(23)10-12-19/h4-13,15H,14H2,1-3H3,(H,24,25,26). The van der Waals surface area contributed by atoms with Crippen LogP contribution in [0, 0.1) is 6.92 Å². The van der Waals surface area contributed by atoms with Crippen molar-refractivity contribution < 1.29 is 4.79 Å². The Morgan fingerprint density at radius 1 is 1.07 bits per heavy atom. The first-order valence-electron chi connectivity index (χ1n) is 9.15. The lowest BCUT2D eigenvalue weighted by molar-refractivity contribution is 0.0684. The van der Waals surface area contributed by atoms with Crippen LogP contribution in [0.5, 0.6) is 0 Å². The number of amides is 1. The summed E-state index contributed by atoms with van der Waals surface area (Å²) >= 11 is 5.93. The molecule has 1 amide bonds. The largest absolute Gasteiger partial charge is 0.340 e. The smallest absolute Gasteiger partial charge is 0.273 e. The molecule has 0 atom stereocenters. The van der Waals surface area contributed by atoms with Gasteiger partial charge in [0.25, 0.3) is 5.91 Å². The number of benzene rings is 2. The van der Waals surface area contributed by atoms with Crippen molar-refractivity contribution >= 4 is 29.0 Å². The Bertz CT molecular complexity index is 943. The van der Waals surface area contributed by atoms with Crippen LogP contribution in [0.1, 0.15) is 35.7 Å². The minimum Gasteiger partial charge on any atom is -0.340 e. The van der Waals surface area contributed by atoms with E-state index in [2.05, 4.69) is 15.3 Å². The van der Waals surface area contributed by atoms with Gasteiger partial charge in [-0.25, -0.2) is 9.97 Å². The highest BCUT2D eigenvalue weighted by Crippen LogP contribution is 2.20. The molecule has 28 heavy (non-hydrogen) atoms. The molecular weight excluding hydrogens is 372 g/mol. The monoisotopic (exact) mass is 394 g/mol. The zero-order valence-electron chi connectivity index (χ0n) is 16.2. The highest BCUT2D eigenvalue weighted by atomic mass is 35.5. The predicted molar refractivity (Wildman–Crippen MR) is 113 cm³/mol. The van der Waals surface area contributed by atoms with Gasteiger partial charge >= 0.3 is 0 Å². The lowest BCUT2D eigenvalue weighted by Crippen LogP contribution is -2.37. The fraction of sp³-hybridized carbons (Fsp3) is 0.227. The van der Waals surface area contributed by atoms with Gasteiger partial charge in [-0.15, -0.1) is 0 Å². The van der Waals surface area contributed by atoms with Crippen molar-refractivity contribution in [3.8, 4) is 0 Å². The van der Waals surface area contributed by atoms with Crippen molar-refractivity contribution in [2.75, 3.05) is 5.32 Å². The first kappa shape index (κ1) is 19.8. The van der Waals surface area contributed by atoms with Crippen LogP contribution in [-0.2, 0) is 6.54 Å². The van der Waals surface area contributed by atoms with Crippen molar-refractivity contribution in [1.82, 2.24) is 14.9 Å². The van der Waals surface area contributed by atoms with Gasteiger partial charge in [-0.1, -0.05) is 41.9 Å². The van der Waals surface area contributed by atoms with Crippen LogP contribution < -0.4 is 5.32 Å². The molecule has 3 rings (SSSR count). The van der Waals surface area contributed by atoms with Crippen molar-refractivity contribution in [2.45, 2.75) is 33.4 Å². The molecule has 0 unspecified atom stereocenters. The Morgan fingerprint density at radius 2 is 1.75 bits per heavy atom. The minimum absolute atomic E-state index is 0.0376. The Kier molecular flexibility index (Phi) is 6.26. The molecular formula is C22H23ClN4O. The van der Waals surface area contributed by atoms with E-state index in [-0.39, 0.29) is 11.9 Å². The number of hydrogen-bond acceptors (Lipinski definition) is 4. The van der Waals surface area contributed by atoms with Gasteiger partial charge in [0.05, 0.1) is 0 Å². The maximum atomic E-state index is 13.2. The van der Waals surface area contributed by atoms with Crippen molar-refractivity contribution in [3.63, 3.8) is 0 Å². The van der Waals surface area contributed by atoms with Gasteiger partial charge in [0.2, 0.25) is 0 Å². The summed E-state index contributed by atoms with van der Waals surface area (Å²) in [5.41, 5.74) is 2.29. The number of aryl methyl sites for hydroxylation is 1. The van der Waals surface area contributed by atoms with E-state index in [1.165, 1.54) is 0 Å². The second-order valence-corrected chi connectivity index (χ2v) is 7.27. The lowest BCUT2D eigenvalue weighted by Gasteiger charge is -2.26. The molecule has 0 radical (unpaired) electrons. The van der Waals surface area contributed by atoms with Crippen LogP contribution in [-0.4, -0.2) is 26.8 Å². The van der Waals surface area contributed by atoms with Gasteiger partial charge in [0, 0.05) is 29.4 Å². The summed E-state index contributed by atoms with van der Waals surface area (Å²) < 4.78 is 0. The SMILES string of the molecule is Cc1nc(Nc2ccc(Cl)cc2)cc(C(=O)N(Cc2ccccc2)C(C)C)n1. The van der Waals surface area contributed by atoms with Gasteiger partial charge in [0.15, 0.2) is 0 Å². The van der Waals surface area contributed by atoms with Gasteiger partial charge < -0.3 is 10.2 Å². The van der Waals surface area contributed by atoms with E-state index in [0.29, 0.717) is 28.9 Å². The number of carbonyl (C=O) groups is 1. The zero-order chi connectivity index (χ0) is 20.1. The zero-order valence-corrected chi connectivity index (χ0v) is 16.9. The average Bonchev–Trinajstić information content (AvgIpc) is 2.67. The molecule has 1 N–H and O–H groups in total. The molecule has 1 heterocycles. The summed E-state index contributed by atoms with van der Waals surface area (Å²) in [7, 11) is 0. The van der Waals surface area contributed by atoms with Crippen LogP contribution >= 0.6 is 11.6 Å². The summed E-state index contributed by atoms with van der Waals surface area (Å²) in [6.45, 7) is 6.31. The third kappa shape index (κ3) is 5.08. The van der Waals surface area contributed by atoms with Crippen LogP contribution in [0.25, 0.3) is 0 Å². The molecule has 2 aromatic carbocycles. The highest BCUT2D eigenvalue weighted by Gasteiger charge is 2.21. The van der Waals surface area contributed by atoms with E-state index in [0.717, 1.165) is 11.3 Å². The van der Waals surface area contributed by atoms with Crippen molar-refractivity contribution in [1.29, 1.82) is 0 Å². The number of anilines is 2. The topological polar surface area (TPSA) is 58.1 Å². The molecule has 0 spiro atoms. The third-order valence-corrected chi connectivity index (χ3v) is 4.51.